The van der Waals surface area contributed by atoms with Crippen LogP contribution < -0.4 is 4.74 Å². The van der Waals surface area contributed by atoms with Gasteiger partial charge in [0.1, 0.15) is 5.75 Å². The summed E-state index contributed by atoms with van der Waals surface area (Å²) in [4.78, 5) is 24.3. The van der Waals surface area contributed by atoms with Gasteiger partial charge in [0.15, 0.2) is 0 Å². The number of carbonyl (C=O) groups excluding carboxylic acids is 2. The number of esters is 2. The van der Waals surface area contributed by atoms with E-state index in [9.17, 15) is 19.8 Å². The first-order valence-corrected chi connectivity index (χ1v) is 22.4. The third-order valence-corrected chi connectivity index (χ3v) is 12.4. The third-order valence-electron chi connectivity index (χ3n) is 12.4. The van der Waals surface area contributed by atoms with Crippen LogP contribution in [-0.2, 0) is 38.3 Å². The standard InChI is InChI=1S/C52H72O7/c1-8-11-12-13-16-39-19-21-41(22-20-39)42-23-25-43(26-24-42)44-27-28-48(40(9-2)31-44)47-32-45(17-14-29-57-50(55)37(4)5)49(59-36-52(10-3,34-53)35-54)46(33-47)18-15-30-58-51(56)38(6)7/h23-28,31-33,39,41,53-54H,4,6,8-22,29-30,34-36H2,1-3,5,7H3. The van der Waals surface area contributed by atoms with Gasteiger partial charge in [-0.25, -0.2) is 9.59 Å². The van der Waals surface area contributed by atoms with Gasteiger partial charge in [0.2, 0.25) is 0 Å². The molecule has 0 aromatic heterocycles. The van der Waals surface area contributed by atoms with Gasteiger partial charge in [-0.1, -0.05) is 108 Å². The molecule has 0 radical (unpaired) electrons. The average molecular weight is 809 g/mol. The monoisotopic (exact) mass is 809 g/mol. The number of aliphatic hydroxyl groups excluding tert-OH is 2. The van der Waals surface area contributed by atoms with E-state index in [1.807, 2.05) is 6.92 Å². The van der Waals surface area contributed by atoms with Crippen molar-refractivity contribution in [1.29, 1.82) is 0 Å². The highest BCUT2D eigenvalue weighted by molar-refractivity contribution is 5.87. The van der Waals surface area contributed by atoms with Crippen molar-refractivity contribution in [3.8, 4) is 28.0 Å². The minimum Gasteiger partial charge on any atom is -0.492 e. The van der Waals surface area contributed by atoms with Crippen LogP contribution in [0, 0.1) is 11.3 Å². The second-order valence-corrected chi connectivity index (χ2v) is 17.0. The molecule has 0 unspecified atom stereocenters. The first-order chi connectivity index (χ1) is 28.5. The van der Waals surface area contributed by atoms with Crippen LogP contribution >= 0.6 is 0 Å². The molecule has 3 aromatic carbocycles. The number of hydrogen-bond donors (Lipinski definition) is 2. The first kappa shape index (κ1) is 47.5. The summed E-state index contributed by atoms with van der Waals surface area (Å²) in [6.07, 6.45) is 15.7. The molecule has 7 heteroatoms. The van der Waals surface area contributed by atoms with Crippen LogP contribution in [0.2, 0.25) is 0 Å². The second kappa shape index (κ2) is 24.2. The van der Waals surface area contributed by atoms with Gasteiger partial charge < -0.3 is 24.4 Å². The van der Waals surface area contributed by atoms with Gasteiger partial charge in [-0.3, -0.25) is 0 Å². The van der Waals surface area contributed by atoms with Crippen molar-refractivity contribution in [1.82, 2.24) is 0 Å². The summed E-state index contributed by atoms with van der Waals surface area (Å²) in [5, 5.41) is 20.5. The minimum absolute atomic E-state index is 0.124. The quantitative estimate of drug-likeness (QED) is 0.0499. The smallest absolute Gasteiger partial charge is 0.333 e. The van der Waals surface area contributed by atoms with E-state index in [1.165, 1.54) is 80.0 Å². The van der Waals surface area contributed by atoms with Crippen molar-refractivity contribution in [2.45, 2.75) is 137 Å². The van der Waals surface area contributed by atoms with Gasteiger partial charge >= 0.3 is 11.9 Å². The number of carbonyl (C=O) groups is 2. The van der Waals surface area contributed by atoms with E-state index < -0.39 is 17.4 Å². The molecular weight excluding hydrogens is 737 g/mol. The van der Waals surface area contributed by atoms with Gasteiger partial charge in [0.05, 0.1) is 38.4 Å². The molecule has 0 heterocycles. The van der Waals surface area contributed by atoms with Crippen molar-refractivity contribution < 1.29 is 34.0 Å². The minimum atomic E-state index is -0.808. The fourth-order valence-electron chi connectivity index (χ4n) is 8.20. The first-order valence-electron chi connectivity index (χ1n) is 22.4. The zero-order valence-corrected chi connectivity index (χ0v) is 36.8. The predicted octanol–water partition coefficient (Wildman–Crippen LogP) is 11.7. The van der Waals surface area contributed by atoms with Crippen molar-refractivity contribution >= 4 is 11.9 Å². The molecule has 0 atom stereocenters. The van der Waals surface area contributed by atoms with Crippen molar-refractivity contribution in [2.24, 2.45) is 11.3 Å². The molecule has 0 spiro atoms. The maximum absolute atomic E-state index is 12.2. The number of rotatable bonds is 25. The van der Waals surface area contributed by atoms with E-state index in [0.717, 1.165) is 34.6 Å². The molecule has 59 heavy (non-hydrogen) atoms. The summed E-state index contributed by atoms with van der Waals surface area (Å²) >= 11 is 0. The lowest BCUT2D eigenvalue weighted by atomic mass is 9.77. The normalized spacial score (nSPS) is 15.4. The maximum Gasteiger partial charge on any atom is 0.333 e. The van der Waals surface area contributed by atoms with E-state index in [0.29, 0.717) is 54.9 Å². The molecule has 1 aliphatic rings. The van der Waals surface area contributed by atoms with Gasteiger partial charge in [-0.2, -0.15) is 0 Å². The molecule has 7 nitrogen and oxygen atoms in total. The summed E-state index contributed by atoms with van der Waals surface area (Å²) in [5.41, 5.74) is 9.05. The summed E-state index contributed by atoms with van der Waals surface area (Å²) in [6.45, 7) is 17.2. The van der Waals surface area contributed by atoms with Gasteiger partial charge in [-0.05, 0) is 147 Å². The SMILES string of the molecule is C=C(C)C(=O)OCCCc1cc(-c2ccc(-c3ccc(C4CCC(CCCCCC)CC4)cc3)cc2CC)cc(CCCOC(=O)C(=C)C)c1OCC(CC)(CO)CO. The summed E-state index contributed by atoms with van der Waals surface area (Å²) in [6, 6.07) is 20.3. The average Bonchev–Trinajstić information content (AvgIpc) is 3.26. The van der Waals surface area contributed by atoms with E-state index in [4.69, 9.17) is 14.2 Å². The molecule has 0 amide bonds. The number of benzene rings is 3. The number of aryl methyl sites for hydroxylation is 3. The van der Waals surface area contributed by atoms with Crippen LogP contribution in [0.25, 0.3) is 22.3 Å². The molecule has 3 aromatic rings. The lowest BCUT2D eigenvalue weighted by Gasteiger charge is -2.29. The number of hydrogen-bond acceptors (Lipinski definition) is 7. The summed E-state index contributed by atoms with van der Waals surface area (Å²) in [5.74, 6) is 1.40. The predicted molar refractivity (Wildman–Crippen MR) is 241 cm³/mol. The van der Waals surface area contributed by atoms with Gasteiger partial charge in [0, 0.05) is 11.1 Å². The second-order valence-electron chi connectivity index (χ2n) is 17.0. The van der Waals surface area contributed by atoms with E-state index in [2.05, 4.69) is 81.6 Å². The molecule has 4 rings (SSSR count). The molecular formula is C52H72O7. The van der Waals surface area contributed by atoms with Crippen LogP contribution in [0.5, 0.6) is 5.75 Å². The highest BCUT2D eigenvalue weighted by Gasteiger charge is 2.29. The molecule has 1 aliphatic carbocycles. The lowest BCUT2D eigenvalue weighted by molar-refractivity contribution is -0.139. The molecule has 0 saturated heterocycles. The van der Waals surface area contributed by atoms with E-state index >= 15 is 0 Å². The van der Waals surface area contributed by atoms with Crippen LogP contribution in [-0.4, -0.2) is 55.2 Å². The van der Waals surface area contributed by atoms with E-state index in [-0.39, 0.29) is 33.0 Å². The Morgan fingerprint density at radius 1 is 0.695 bits per heavy atom. The number of aliphatic hydroxyl groups is 2. The Hall–Kier alpha value is -4.20. The van der Waals surface area contributed by atoms with Crippen LogP contribution in [0.1, 0.15) is 140 Å². The largest absolute Gasteiger partial charge is 0.492 e. The Kier molecular flexibility index (Phi) is 19.4. The zero-order chi connectivity index (χ0) is 42.8. The van der Waals surface area contributed by atoms with Gasteiger partial charge in [-0.15, -0.1) is 0 Å². The van der Waals surface area contributed by atoms with Crippen molar-refractivity contribution in [2.75, 3.05) is 33.0 Å². The number of ether oxygens (including phenoxy) is 3. The highest BCUT2D eigenvalue weighted by atomic mass is 16.5. The Labute approximate surface area is 355 Å². The molecule has 322 valence electrons. The van der Waals surface area contributed by atoms with E-state index in [1.54, 1.807) is 13.8 Å². The Bertz CT molecular complexity index is 1750. The van der Waals surface area contributed by atoms with Crippen LogP contribution in [0.3, 0.4) is 0 Å². The third kappa shape index (κ3) is 13.9. The lowest BCUT2D eigenvalue weighted by Crippen LogP contribution is -2.36. The molecule has 1 saturated carbocycles. The fourth-order valence-corrected chi connectivity index (χ4v) is 8.20. The Morgan fingerprint density at radius 2 is 1.25 bits per heavy atom. The van der Waals surface area contributed by atoms with Gasteiger partial charge in [0.25, 0.3) is 0 Å². The summed E-state index contributed by atoms with van der Waals surface area (Å²) in [7, 11) is 0. The Morgan fingerprint density at radius 3 is 1.76 bits per heavy atom. The molecule has 0 aliphatic heterocycles. The van der Waals surface area contributed by atoms with Crippen molar-refractivity contribution in [3.63, 3.8) is 0 Å². The fraction of sp³-hybridized carbons (Fsp3) is 0.538. The molecule has 1 fully saturated rings. The topological polar surface area (TPSA) is 102 Å². The molecule has 2 N–H and O–H groups in total. The highest BCUT2D eigenvalue weighted by Crippen LogP contribution is 2.40. The van der Waals surface area contributed by atoms with Crippen LogP contribution in [0.4, 0.5) is 0 Å². The summed E-state index contributed by atoms with van der Waals surface area (Å²) < 4.78 is 17.5. The molecule has 0 bridgehead atoms. The number of unbranched alkanes of at least 4 members (excludes halogenated alkanes) is 3. The van der Waals surface area contributed by atoms with Crippen LogP contribution in [0.15, 0.2) is 78.9 Å². The van der Waals surface area contributed by atoms with Crippen molar-refractivity contribution in [3.05, 3.63) is 101 Å². The zero-order valence-electron chi connectivity index (χ0n) is 36.8. The Balaban J connectivity index is 1.63. The maximum atomic E-state index is 12.2.